The standard InChI is InChI=1S/C18H35NO2/c1-16(2,3)19-9-7-18(8-10-19)13-15(14-18)20-11-12-21-17(4,5)6/h15H,7-14H2,1-6H3. The van der Waals surface area contributed by atoms with E-state index in [4.69, 9.17) is 9.47 Å². The molecule has 1 aliphatic heterocycles. The van der Waals surface area contributed by atoms with E-state index >= 15 is 0 Å². The van der Waals surface area contributed by atoms with Gasteiger partial charge >= 0.3 is 0 Å². The summed E-state index contributed by atoms with van der Waals surface area (Å²) in [5, 5.41) is 0. The van der Waals surface area contributed by atoms with Crippen LogP contribution in [-0.4, -0.2) is 48.4 Å². The summed E-state index contributed by atoms with van der Waals surface area (Å²) in [5.41, 5.74) is 0.868. The molecule has 1 heterocycles. The number of hydrogen-bond acceptors (Lipinski definition) is 3. The van der Waals surface area contributed by atoms with Gasteiger partial charge in [-0.1, -0.05) is 0 Å². The maximum Gasteiger partial charge on any atom is 0.0707 e. The predicted octanol–water partition coefficient (Wildman–Crippen LogP) is 3.86. The molecule has 2 aliphatic rings. The van der Waals surface area contributed by atoms with E-state index in [1.54, 1.807) is 0 Å². The number of hydrogen-bond donors (Lipinski definition) is 0. The van der Waals surface area contributed by atoms with Crippen molar-refractivity contribution in [3.05, 3.63) is 0 Å². The maximum absolute atomic E-state index is 5.96. The molecular weight excluding hydrogens is 262 g/mol. The van der Waals surface area contributed by atoms with Gasteiger partial charge in [0, 0.05) is 5.54 Å². The van der Waals surface area contributed by atoms with Crippen molar-refractivity contribution >= 4 is 0 Å². The molecule has 0 N–H and O–H groups in total. The summed E-state index contributed by atoms with van der Waals surface area (Å²) in [5.74, 6) is 0. The van der Waals surface area contributed by atoms with E-state index in [1.807, 2.05) is 0 Å². The molecule has 0 aromatic rings. The number of likely N-dealkylation sites (tertiary alicyclic amines) is 1. The molecule has 2 fully saturated rings. The minimum Gasteiger partial charge on any atom is -0.376 e. The molecule has 0 atom stereocenters. The Kier molecular flexibility index (Phi) is 5.07. The Morgan fingerprint density at radius 1 is 0.952 bits per heavy atom. The molecule has 21 heavy (non-hydrogen) atoms. The number of nitrogens with zero attached hydrogens (tertiary/aromatic N) is 1. The lowest BCUT2D eigenvalue weighted by Crippen LogP contribution is -2.54. The maximum atomic E-state index is 5.96. The van der Waals surface area contributed by atoms with E-state index in [2.05, 4.69) is 46.4 Å². The lowest BCUT2D eigenvalue weighted by Gasteiger charge is -2.54. The average Bonchev–Trinajstić information content (AvgIpc) is 2.30. The molecule has 124 valence electrons. The minimum absolute atomic E-state index is 0.0516. The second kappa shape index (κ2) is 6.17. The van der Waals surface area contributed by atoms with Gasteiger partial charge in [0.15, 0.2) is 0 Å². The van der Waals surface area contributed by atoms with Crippen LogP contribution in [0.1, 0.15) is 67.2 Å². The Morgan fingerprint density at radius 2 is 1.52 bits per heavy atom. The highest BCUT2D eigenvalue weighted by molar-refractivity contribution is 4.99. The zero-order valence-electron chi connectivity index (χ0n) is 15.0. The lowest BCUT2D eigenvalue weighted by atomic mass is 9.61. The van der Waals surface area contributed by atoms with Gasteiger partial charge in [0.05, 0.1) is 24.9 Å². The van der Waals surface area contributed by atoms with Crippen LogP contribution in [0, 0.1) is 5.41 Å². The summed E-state index contributed by atoms with van der Waals surface area (Å²) < 4.78 is 11.7. The van der Waals surface area contributed by atoms with Gasteiger partial charge in [-0.25, -0.2) is 0 Å². The molecule has 1 aliphatic carbocycles. The van der Waals surface area contributed by atoms with Crippen molar-refractivity contribution in [3.63, 3.8) is 0 Å². The zero-order chi connectivity index (χ0) is 15.7. The van der Waals surface area contributed by atoms with Crippen LogP contribution in [0.2, 0.25) is 0 Å². The highest BCUT2D eigenvalue weighted by Crippen LogP contribution is 2.50. The van der Waals surface area contributed by atoms with E-state index in [1.165, 1.54) is 38.8 Å². The predicted molar refractivity (Wildman–Crippen MR) is 87.7 cm³/mol. The molecule has 3 heteroatoms. The molecule has 1 spiro atoms. The molecule has 2 rings (SSSR count). The minimum atomic E-state index is -0.0516. The molecule has 0 bridgehead atoms. The van der Waals surface area contributed by atoms with E-state index in [-0.39, 0.29) is 5.60 Å². The van der Waals surface area contributed by atoms with Gasteiger partial charge < -0.3 is 9.47 Å². The summed E-state index contributed by atoms with van der Waals surface area (Å²) in [7, 11) is 0. The molecule has 3 nitrogen and oxygen atoms in total. The molecule has 1 saturated heterocycles. The topological polar surface area (TPSA) is 21.7 Å². The van der Waals surface area contributed by atoms with Gasteiger partial charge in [-0.2, -0.15) is 0 Å². The molecular formula is C18H35NO2. The monoisotopic (exact) mass is 297 g/mol. The van der Waals surface area contributed by atoms with Crippen molar-refractivity contribution < 1.29 is 9.47 Å². The fraction of sp³-hybridized carbons (Fsp3) is 1.00. The van der Waals surface area contributed by atoms with Crippen LogP contribution in [0.3, 0.4) is 0 Å². The molecule has 0 radical (unpaired) electrons. The third-order valence-electron chi connectivity index (χ3n) is 5.07. The van der Waals surface area contributed by atoms with Gasteiger partial charge in [-0.05, 0) is 85.7 Å². The first-order valence-corrected chi connectivity index (χ1v) is 8.60. The number of ether oxygens (including phenoxy) is 2. The van der Waals surface area contributed by atoms with Crippen LogP contribution in [0.4, 0.5) is 0 Å². The molecule has 0 amide bonds. The summed E-state index contributed by atoms with van der Waals surface area (Å²) in [4.78, 5) is 2.63. The molecule has 0 aromatic carbocycles. The molecule has 0 aromatic heterocycles. The van der Waals surface area contributed by atoms with Crippen LogP contribution >= 0.6 is 0 Å². The van der Waals surface area contributed by atoms with Crippen molar-refractivity contribution in [2.24, 2.45) is 5.41 Å². The summed E-state index contributed by atoms with van der Waals surface area (Å²) in [6, 6.07) is 0. The van der Waals surface area contributed by atoms with E-state index in [0.29, 0.717) is 23.7 Å². The Morgan fingerprint density at radius 3 is 2.00 bits per heavy atom. The highest BCUT2D eigenvalue weighted by atomic mass is 16.5. The molecule has 1 saturated carbocycles. The third kappa shape index (κ3) is 4.94. The van der Waals surface area contributed by atoms with Crippen molar-refractivity contribution in [2.45, 2.75) is 84.5 Å². The second-order valence-electron chi connectivity index (χ2n) is 9.02. The largest absolute Gasteiger partial charge is 0.376 e. The van der Waals surface area contributed by atoms with E-state index in [0.717, 1.165) is 6.61 Å². The summed E-state index contributed by atoms with van der Waals surface area (Å²) in [6.45, 7) is 17.2. The van der Waals surface area contributed by atoms with E-state index in [9.17, 15) is 0 Å². The third-order valence-corrected chi connectivity index (χ3v) is 5.07. The Balaban J connectivity index is 1.61. The fourth-order valence-corrected chi connectivity index (χ4v) is 3.65. The quantitative estimate of drug-likeness (QED) is 0.735. The van der Waals surface area contributed by atoms with Crippen LogP contribution < -0.4 is 0 Å². The van der Waals surface area contributed by atoms with Crippen LogP contribution in [0.15, 0.2) is 0 Å². The van der Waals surface area contributed by atoms with Crippen molar-refractivity contribution in [2.75, 3.05) is 26.3 Å². The SMILES string of the molecule is CC(C)(C)OCCOC1CC2(CCN(C(C)(C)C)CC2)C1. The lowest BCUT2D eigenvalue weighted by molar-refractivity contribution is -0.128. The Hall–Kier alpha value is -0.120. The van der Waals surface area contributed by atoms with Crippen LogP contribution in [0.5, 0.6) is 0 Å². The smallest absolute Gasteiger partial charge is 0.0707 e. The summed E-state index contributed by atoms with van der Waals surface area (Å²) in [6.07, 6.45) is 5.71. The van der Waals surface area contributed by atoms with Gasteiger partial charge in [-0.3, -0.25) is 4.90 Å². The Bertz CT molecular complexity index is 324. The van der Waals surface area contributed by atoms with E-state index < -0.39 is 0 Å². The van der Waals surface area contributed by atoms with Gasteiger partial charge in [0.2, 0.25) is 0 Å². The van der Waals surface area contributed by atoms with Crippen LogP contribution in [-0.2, 0) is 9.47 Å². The zero-order valence-corrected chi connectivity index (χ0v) is 15.0. The number of rotatable bonds is 4. The first-order valence-electron chi connectivity index (χ1n) is 8.60. The van der Waals surface area contributed by atoms with Crippen LogP contribution in [0.25, 0.3) is 0 Å². The van der Waals surface area contributed by atoms with Gasteiger partial charge in [-0.15, -0.1) is 0 Å². The summed E-state index contributed by atoms with van der Waals surface area (Å²) >= 11 is 0. The Labute approximate surface area is 131 Å². The van der Waals surface area contributed by atoms with Crippen molar-refractivity contribution in [1.29, 1.82) is 0 Å². The first kappa shape index (κ1) is 17.2. The number of piperidine rings is 1. The van der Waals surface area contributed by atoms with Gasteiger partial charge in [0.25, 0.3) is 0 Å². The average molecular weight is 297 g/mol. The van der Waals surface area contributed by atoms with Crippen molar-refractivity contribution in [1.82, 2.24) is 4.90 Å². The van der Waals surface area contributed by atoms with Crippen molar-refractivity contribution in [3.8, 4) is 0 Å². The fourth-order valence-electron chi connectivity index (χ4n) is 3.65. The second-order valence-corrected chi connectivity index (χ2v) is 9.02. The normalized spacial score (nSPS) is 24.3. The first-order chi connectivity index (χ1) is 9.60. The highest BCUT2D eigenvalue weighted by Gasteiger charge is 2.47. The molecule has 0 unspecified atom stereocenters. The van der Waals surface area contributed by atoms with Gasteiger partial charge in [0.1, 0.15) is 0 Å².